The molecule has 1 aliphatic carbocycles. The summed E-state index contributed by atoms with van der Waals surface area (Å²) >= 11 is 0. The molecule has 84 valence electrons. The van der Waals surface area contributed by atoms with E-state index in [0.29, 0.717) is 6.54 Å². The molecule has 15 heavy (non-hydrogen) atoms. The molecule has 4 nitrogen and oxygen atoms in total. The standard InChI is InChI=1S/C11H19N3O/c1-11(6-2-3-7-11)10-13-9(14-15-10)5-4-8-12/h2-8,12H2,1H3. The Balaban J connectivity index is 2.05. The fourth-order valence-electron chi connectivity index (χ4n) is 2.23. The second-order valence-electron chi connectivity index (χ2n) is 4.68. The van der Waals surface area contributed by atoms with Gasteiger partial charge in [0.1, 0.15) is 0 Å². The van der Waals surface area contributed by atoms with E-state index in [4.69, 9.17) is 10.3 Å². The van der Waals surface area contributed by atoms with Crippen LogP contribution in [0.15, 0.2) is 4.52 Å². The fourth-order valence-corrected chi connectivity index (χ4v) is 2.23. The van der Waals surface area contributed by atoms with Gasteiger partial charge in [0.2, 0.25) is 5.89 Å². The molecule has 0 bridgehead atoms. The maximum atomic E-state index is 5.45. The van der Waals surface area contributed by atoms with E-state index in [1.807, 2.05) is 0 Å². The lowest BCUT2D eigenvalue weighted by Crippen LogP contribution is -2.17. The van der Waals surface area contributed by atoms with Crippen molar-refractivity contribution < 1.29 is 4.52 Å². The predicted molar refractivity (Wildman–Crippen MR) is 57.5 cm³/mol. The number of hydrogen-bond donors (Lipinski definition) is 1. The molecule has 1 aliphatic rings. The molecule has 4 heteroatoms. The Morgan fingerprint density at radius 1 is 1.40 bits per heavy atom. The molecule has 0 saturated heterocycles. The van der Waals surface area contributed by atoms with Crippen LogP contribution in [-0.4, -0.2) is 16.7 Å². The maximum absolute atomic E-state index is 5.45. The molecule has 0 unspecified atom stereocenters. The maximum Gasteiger partial charge on any atom is 0.232 e. The average Bonchev–Trinajstić information content (AvgIpc) is 2.84. The quantitative estimate of drug-likeness (QED) is 0.821. The van der Waals surface area contributed by atoms with E-state index in [0.717, 1.165) is 24.6 Å². The summed E-state index contributed by atoms with van der Waals surface area (Å²) in [4.78, 5) is 4.47. The first-order valence-corrected chi connectivity index (χ1v) is 5.78. The molecular formula is C11H19N3O. The van der Waals surface area contributed by atoms with Gasteiger partial charge >= 0.3 is 0 Å². The zero-order chi connectivity index (χ0) is 10.7. The summed E-state index contributed by atoms with van der Waals surface area (Å²) in [5.74, 6) is 1.63. The minimum absolute atomic E-state index is 0.133. The molecule has 1 aromatic rings. The molecule has 0 aliphatic heterocycles. The van der Waals surface area contributed by atoms with Crippen LogP contribution in [0.25, 0.3) is 0 Å². The minimum atomic E-state index is 0.133. The predicted octanol–water partition coefficient (Wildman–Crippen LogP) is 1.79. The van der Waals surface area contributed by atoms with E-state index in [1.54, 1.807) is 0 Å². The molecule has 0 radical (unpaired) electrons. The number of nitrogens with zero attached hydrogens (tertiary/aromatic N) is 2. The second-order valence-corrected chi connectivity index (χ2v) is 4.68. The van der Waals surface area contributed by atoms with Crippen molar-refractivity contribution in [1.29, 1.82) is 0 Å². The second kappa shape index (κ2) is 4.31. The Kier molecular flexibility index (Phi) is 3.05. The molecule has 0 amide bonds. The Morgan fingerprint density at radius 2 is 2.13 bits per heavy atom. The van der Waals surface area contributed by atoms with Gasteiger partial charge in [0, 0.05) is 11.8 Å². The Bertz CT molecular complexity index is 315. The smallest absolute Gasteiger partial charge is 0.232 e. The Morgan fingerprint density at radius 3 is 2.80 bits per heavy atom. The van der Waals surface area contributed by atoms with Gasteiger partial charge in [-0.05, 0) is 25.8 Å². The van der Waals surface area contributed by atoms with Crippen LogP contribution in [0.2, 0.25) is 0 Å². The zero-order valence-electron chi connectivity index (χ0n) is 9.33. The van der Waals surface area contributed by atoms with E-state index in [-0.39, 0.29) is 5.41 Å². The van der Waals surface area contributed by atoms with Crippen molar-refractivity contribution in [3.8, 4) is 0 Å². The van der Waals surface area contributed by atoms with Gasteiger partial charge in [0.05, 0.1) is 0 Å². The molecule has 1 heterocycles. The fraction of sp³-hybridized carbons (Fsp3) is 0.818. The highest BCUT2D eigenvalue weighted by atomic mass is 16.5. The zero-order valence-corrected chi connectivity index (χ0v) is 9.33. The topological polar surface area (TPSA) is 64.9 Å². The van der Waals surface area contributed by atoms with Crippen molar-refractivity contribution >= 4 is 0 Å². The first kappa shape index (κ1) is 10.6. The van der Waals surface area contributed by atoms with Crippen molar-refractivity contribution in [1.82, 2.24) is 10.1 Å². The monoisotopic (exact) mass is 209 g/mol. The SMILES string of the molecule is CC1(c2nc(CCCN)no2)CCCC1. The summed E-state index contributed by atoms with van der Waals surface area (Å²) in [5, 5.41) is 4.00. The van der Waals surface area contributed by atoms with Crippen LogP contribution in [-0.2, 0) is 11.8 Å². The molecule has 1 saturated carbocycles. The molecule has 0 atom stereocenters. The van der Waals surface area contributed by atoms with Gasteiger partial charge < -0.3 is 10.3 Å². The van der Waals surface area contributed by atoms with Crippen LogP contribution in [0.5, 0.6) is 0 Å². The van der Waals surface area contributed by atoms with Crippen molar-refractivity contribution in [3.05, 3.63) is 11.7 Å². The lowest BCUT2D eigenvalue weighted by atomic mass is 9.89. The molecule has 2 N–H and O–H groups in total. The number of rotatable bonds is 4. The van der Waals surface area contributed by atoms with E-state index in [1.165, 1.54) is 25.7 Å². The van der Waals surface area contributed by atoms with Crippen LogP contribution < -0.4 is 5.73 Å². The number of aromatic nitrogens is 2. The van der Waals surface area contributed by atoms with Crippen LogP contribution in [0, 0.1) is 0 Å². The highest BCUT2D eigenvalue weighted by Crippen LogP contribution is 2.39. The largest absolute Gasteiger partial charge is 0.339 e. The third-order valence-electron chi connectivity index (χ3n) is 3.30. The highest BCUT2D eigenvalue weighted by molar-refractivity contribution is 5.05. The van der Waals surface area contributed by atoms with E-state index in [2.05, 4.69) is 17.1 Å². The number of hydrogen-bond acceptors (Lipinski definition) is 4. The Hall–Kier alpha value is -0.900. The third-order valence-corrected chi connectivity index (χ3v) is 3.30. The Labute approximate surface area is 90.2 Å². The van der Waals surface area contributed by atoms with Crippen molar-refractivity contribution in [2.45, 2.75) is 50.9 Å². The highest BCUT2D eigenvalue weighted by Gasteiger charge is 2.35. The summed E-state index contributed by atoms with van der Waals surface area (Å²) < 4.78 is 5.35. The molecule has 1 aromatic heterocycles. The van der Waals surface area contributed by atoms with Gasteiger partial charge in [0.25, 0.3) is 0 Å². The van der Waals surface area contributed by atoms with Gasteiger partial charge in [-0.25, -0.2) is 0 Å². The third kappa shape index (κ3) is 2.20. The van der Waals surface area contributed by atoms with Crippen LogP contribution in [0.4, 0.5) is 0 Å². The molecule has 0 spiro atoms. The van der Waals surface area contributed by atoms with Gasteiger partial charge in [0.15, 0.2) is 5.82 Å². The normalized spacial score (nSPS) is 19.6. The van der Waals surface area contributed by atoms with Crippen molar-refractivity contribution in [2.24, 2.45) is 5.73 Å². The minimum Gasteiger partial charge on any atom is -0.339 e. The van der Waals surface area contributed by atoms with Crippen molar-refractivity contribution in [2.75, 3.05) is 6.54 Å². The molecule has 0 aromatic carbocycles. The first-order chi connectivity index (χ1) is 7.24. The van der Waals surface area contributed by atoms with Gasteiger partial charge in [-0.3, -0.25) is 0 Å². The average molecular weight is 209 g/mol. The number of aryl methyl sites for hydroxylation is 1. The summed E-state index contributed by atoms with van der Waals surface area (Å²) in [5.41, 5.74) is 5.58. The molecule has 2 rings (SSSR count). The van der Waals surface area contributed by atoms with Crippen LogP contribution >= 0.6 is 0 Å². The summed E-state index contributed by atoms with van der Waals surface area (Å²) in [6.07, 6.45) is 6.65. The summed E-state index contributed by atoms with van der Waals surface area (Å²) in [6, 6.07) is 0. The molecular weight excluding hydrogens is 190 g/mol. The lowest BCUT2D eigenvalue weighted by molar-refractivity contribution is 0.294. The van der Waals surface area contributed by atoms with Crippen molar-refractivity contribution in [3.63, 3.8) is 0 Å². The first-order valence-electron chi connectivity index (χ1n) is 5.78. The lowest BCUT2D eigenvalue weighted by Gasteiger charge is -2.16. The molecule has 1 fully saturated rings. The van der Waals surface area contributed by atoms with Gasteiger partial charge in [-0.15, -0.1) is 0 Å². The van der Waals surface area contributed by atoms with E-state index in [9.17, 15) is 0 Å². The van der Waals surface area contributed by atoms with E-state index < -0.39 is 0 Å². The summed E-state index contributed by atoms with van der Waals surface area (Å²) in [6.45, 7) is 2.90. The summed E-state index contributed by atoms with van der Waals surface area (Å²) in [7, 11) is 0. The van der Waals surface area contributed by atoms with Crippen LogP contribution in [0.3, 0.4) is 0 Å². The van der Waals surface area contributed by atoms with Gasteiger partial charge in [-0.1, -0.05) is 24.9 Å². The number of nitrogens with two attached hydrogens (primary N) is 1. The van der Waals surface area contributed by atoms with Crippen LogP contribution in [0.1, 0.15) is 50.7 Å². The van der Waals surface area contributed by atoms with Gasteiger partial charge in [-0.2, -0.15) is 4.98 Å². The van der Waals surface area contributed by atoms with E-state index >= 15 is 0 Å².